The highest BCUT2D eigenvalue weighted by atomic mass is 35.5. The molecule has 1 heterocycles. The molecule has 0 radical (unpaired) electrons. The summed E-state index contributed by atoms with van der Waals surface area (Å²) in [6.07, 6.45) is 10.7. The molecule has 2 nitrogen and oxygen atoms in total. The molecule has 0 aliphatic carbocycles. The molecule has 0 aliphatic heterocycles. The van der Waals surface area contributed by atoms with Crippen molar-refractivity contribution in [3.05, 3.63) is 53.6 Å². The van der Waals surface area contributed by atoms with Gasteiger partial charge < -0.3 is 4.57 Å². The van der Waals surface area contributed by atoms with Crippen LogP contribution in [0.3, 0.4) is 0 Å². The van der Waals surface area contributed by atoms with Crippen LogP contribution in [0, 0.1) is 0 Å². The summed E-state index contributed by atoms with van der Waals surface area (Å²) in [6.45, 7) is 3.29. The lowest BCUT2D eigenvalue weighted by Gasteiger charge is -2.10. The van der Waals surface area contributed by atoms with Crippen LogP contribution in [0.5, 0.6) is 0 Å². The fourth-order valence-corrected chi connectivity index (χ4v) is 3.65. The largest absolute Gasteiger partial charge is 0.324 e. The zero-order valence-corrected chi connectivity index (χ0v) is 16.5. The van der Waals surface area contributed by atoms with Crippen molar-refractivity contribution in [2.24, 2.45) is 0 Å². The van der Waals surface area contributed by atoms with Crippen LogP contribution in [-0.2, 0) is 6.54 Å². The van der Waals surface area contributed by atoms with E-state index in [0.29, 0.717) is 0 Å². The zero-order chi connectivity index (χ0) is 18.2. The van der Waals surface area contributed by atoms with E-state index in [2.05, 4.69) is 47.9 Å². The number of unbranched alkanes of at least 4 members (excludes halogenated alkanes) is 7. The number of imidazole rings is 1. The Labute approximate surface area is 162 Å². The van der Waals surface area contributed by atoms with Crippen molar-refractivity contribution in [2.45, 2.75) is 64.8 Å². The number of aromatic nitrogens is 2. The lowest BCUT2D eigenvalue weighted by Crippen LogP contribution is -2.01. The molecule has 1 aromatic heterocycles. The van der Waals surface area contributed by atoms with Gasteiger partial charge in [-0.2, -0.15) is 0 Å². The van der Waals surface area contributed by atoms with Crippen molar-refractivity contribution in [3.63, 3.8) is 0 Å². The summed E-state index contributed by atoms with van der Waals surface area (Å²) in [7, 11) is 0. The van der Waals surface area contributed by atoms with Gasteiger partial charge in [-0.3, -0.25) is 0 Å². The van der Waals surface area contributed by atoms with Crippen LogP contribution < -0.4 is 0 Å². The van der Waals surface area contributed by atoms with E-state index < -0.39 is 0 Å². The highest BCUT2D eigenvalue weighted by molar-refractivity contribution is 6.30. The van der Waals surface area contributed by atoms with Gasteiger partial charge in [0.15, 0.2) is 0 Å². The Hall–Kier alpha value is -1.80. The molecule has 3 rings (SSSR count). The number of halogens is 1. The van der Waals surface area contributed by atoms with E-state index in [1.165, 1.54) is 56.9 Å². The molecular weight excluding hydrogens is 340 g/mol. The van der Waals surface area contributed by atoms with Crippen molar-refractivity contribution < 1.29 is 0 Å². The first-order valence-corrected chi connectivity index (χ1v) is 10.4. The number of para-hydroxylation sites is 2. The van der Waals surface area contributed by atoms with Gasteiger partial charge in [0.05, 0.1) is 11.0 Å². The van der Waals surface area contributed by atoms with E-state index in [0.717, 1.165) is 28.5 Å². The van der Waals surface area contributed by atoms with Crippen molar-refractivity contribution in [3.8, 4) is 11.4 Å². The monoisotopic (exact) mass is 368 g/mol. The molecule has 0 saturated heterocycles. The van der Waals surface area contributed by atoms with Crippen LogP contribution in [0.2, 0.25) is 5.02 Å². The van der Waals surface area contributed by atoms with Gasteiger partial charge >= 0.3 is 0 Å². The lowest BCUT2D eigenvalue weighted by molar-refractivity contribution is 0.549. The number of aryl methyl sites for hydroxylation is 1. The van der Waals surface area contributed by atoms with Crippen LogP contribution in [0.25, 0.3) is 22.4 Å². The van der Waals surface area contributed by atoms with E-state index in [4.69, 9.17) is 16.6 Å². The van der Waals surface area contributed by atoms with E-state index in [1.807, 2.05) is 12.1 Å². The average molecular weight is 369 g/mol. The molecule has 138 valence electrons. The Morgan fingerprint density at radius 2 is 1.46 bits per heavy atom. The maximum atomic E-state index is 6.05. The van der Waals surface area contributed by atoms with Gasteiger partial charge in [0, 0.05) is 17.1 Å². The van der Waals surface area contributed by atoms with Gasteiger partial charge in [-0.25, -0.2) is 4.98 Å². The maximum Gasteiger partial charge on any atom is 0.141 e. The number of rotatable bonds is 10. The molecule has 0 aliphatic rings. The topological polar surface area (TPSA) is 17.8 Å². The first-order valence-electron chi connectivity index (χ1n) is 10.0. The van der Waals surface area contributed by atoms with Crippen LogP contribution >= 0.6 is 11.6 Å². The van der Waals surface area contributed by atoms with Crippen molar-refractivity contribution in [1.29, 1.82) is 0 Å². The van der Waals surface area contributed by atoms with E-state index >= 15 is 0 Å². The van der Waals surface area contributed by atoms with Crippen LogP contribution in [0.1, 0.15) is 58.3 Å². The summed E-state index contributed by atoms with van der Waals surface area (Å²) < 4.78 is 2.37. The number of fused-ring (bicyclic) bond motifs is 1. The summed E-state index contributed by atoms with van der Waals surface area (Å²) in [5, 5.41) is 0.763. The third-order valence-corrected chi connectivity index (χ3v) is 5.24. The first-order chi connectivity index (χ1) is 12.8. The number of benzene rings is 2. The standard InChI is InChI=1S/C23H29ClN2/c1-2-3-4-5-6-7-8-11-18-26-22-13-10-9-12-21(22)25-23(26)19-14-16-20(24)17-15-19/h9-10,12-17H,2-8,11,18H2,1H3. The molecule has 26 heavy (non-hydrogen) atoms. The number of hydrogen-bond donors (Lipinski definition) is 0. The van der Waals surface area contributed by atoms with Gasteiger partial charge in [-0.15, -0.1) is 0 Å². The Bertz CT molecular complexity index is 805. The van der Waals surface area contributed by atoms with Crippen LogP contribution in [0.4, 0.5) is 0 Å². The number of hydrogen-bond acceptors (Lipinski definition) is 1. The molecule has 0 atom stereocenters. The van der Waals surface area contributed by atoms with E-state index in [9.17, 15) is 0 Å². The molecule has 0 unspecified atom stereocenters. The SMILES string of the molecule is CCCCCCCCCCn1c(-c2ccc(Cl)cc2)nc2ccccc21. The number of nitrogens with zero attached hydrogens (tertiary/aromatic N) is 2. The Morgan fingerprint density at radius 3 is 2.19 bits per heavy atom. The predicted molar refractivity (Wildman–Crippen MR) is 113 cm³/mol. The van der Waals surface area contributed by atoms with E-state index in [1.54, 1.807) is 0 Å². The molecule has 0 amide bonds. The van der Waals surface area contributed by atoms with Crippen LogP contribution in [-0.4, -0.2) is 9.55 Å². The smallest absolute Gasteiger partial charge is 0.141 e. The van der Waals surface area contributed by atoms with Gasteiger partial charge in [-0.1, -0.05) is 75.6 Å². The minimum absolute atomic E-state index is 0.763. The molecule has 0 N–H and O–H groups in total. The average Bonchev–Trinajstić information content (AvgIpc) is 3.03. The highest BCUT2D eigenvalue weighted by Crippen LogP contribution is 2.26. The Balaban J connectivity index is 1.66. The molecular formula is C23H29ClN2. The third-order valence-electron chi connectivity index (χ3n) is 4.99. The van der Waals surface area contributed by atoms with E-state index in [-0.39, 0.29) is 0 Å². The second kappa shape index (κ2) is 9.78. The first kappa shape index (κ1) is 19.0. The molecule has 0 bridgehead atoms. The Kier molecular flexibility index (Phi) is 7.13. The minimum Gasteiger partial charge on any atom is -0.324 e. The summed E-state index contributed by atoms with van der Waals surface area (Å²) in [5.74, 6) is 1.05. The van der Waals surface area contributed by atoms with Crippen molar-refractivity contribution >= 4 is 22.6 Å². The van der Waals surface area contributed by atoms with Gasteiger partial charge in [-0.05, 0) is 42.8 Å². The fourth-order valence-electron chi connectivity index (χ4n) is 3.52. The lowest BCUT2D eigenvalue weighted by atomic mass is 10.1. The highest BCUT2D eigenvalue weighted by Gasteiger charge is 2.12. The third kappa shape index (κ3) is 4.88. The summed E-state index contributed by atoms with van der Waals surface area (Å²) in [4.78, 5) is 4.88. The van der Waals surface area contributed by atoms with Crippen molar-refractivity contribution in [1.82, 2.24) is 9.55 Å². The second-order valence-electron chi connectivity index (χ2n) is 7.06. The summed E-state index contributed by atoms with van der Waals surface area (Å²) >= 11 is 6.05. The van der Waals surface area contributed by atoms with Gasteiger partial charge in [0.2, 0.25) is 0 Å². The molecule has 2 aromatic carbocycles. The maximum absolute atomic E-state index is 6.05. The minimum atomic E-state index is 0.763. The normalized spacial score (nSPS) is 11.3. The van der Waals surface area contributed by atoms with Crippen LogP contribution in [0.15, 0.2) is 48.5 Å². The quantitative estimate of drug-likeness (QED) is 0.339. The summed E-state index contributed by atoms with van der Waals surface area (Å²) in [6, 6.07) is 16.4. The molecule has 0 fully saturated rings. The Morgan fingerprint density at radius 1 is 0.808 bits per heavy atom. The molecule has 0 spiro atoms. The van der Waals surface area contributed by atoms with Gasteiger partial charge in [0.25, 0.3) is 0 Å². The zero-order valence-electron chi connectivity index (χ0n) is 15.8. The summed E-state index contributed by atoms with van der Waals surface area (Å²) in [5.41, 5.74) is 3.42. The van der Waals surface area contributed by atoms with Gasteiger partial charge in [0.1, 0.15) is 5.82 Å². The second-order valence-corrected chi connectivity index (χ2v) is 7.49. The molecule has 3 aromatic rings. The predicted octanol–water partition coefficient (Wildman–Crippen LogP) is 7.50. The molecule has 3 heteroatoms. The van der Waals surface area contributed by atoms with Crippen molar-refractivity contribution in [2.75, 3.05) is 0 Å². The molecule has 0 saturated carbocycles. The fraction of sp³-hybridized carbons (Fsp3) is 0.435.